The van der Waals surface area contributed by atoms with Crippen molar-refractivity contribution in [3.8, 4) is 0 Å². The molecule has 0 amide bonds. The molecule has 2 aromatic heterocycles. The lowest BCUT2D eigenvalue weighted by Gasteiger charge is -2.14. The van der Waals surface area contributed by atoms with Crippen LogP contribution in [0.4, 0.5) is 5.82 Å². The minimum atomic E-state index is 0.537. The molecule has 0 aromatic carbocycles. The number of nitrogens with zero attached hydrogens (tertiary/aromatic N) is 2. The Hall–Kier alpha value is -1.75. The lowest BCUT2D eigenvalue weighted by atomic mass is 10.3. The average Bonchev–Trinajstić information content (AvgIpc) is 2.85. The first-order chi connectivity index (χ1) is 8.13. The number of hydrogen-bond acceptors (Lipinski definition) is 4. The Balaban J connectivity index is 1.79. The third-order valence-electron chi connectivity index (χ3n) is 2.63. The zero-order valence-electron chi connectivity index (χ0n) is 10.2. The van der Waals surface area contributed by atoms with Crippen molar-refractivity contribution < 1.29 is 4.42 Å². The Labute approximate surface area is 101 Å². The van der Waals surface area contributed by atoms with Crippen molar-refractivity contribution in [2.75, 3.05) is 19.3 Å². The number of aryl methyl sites for hydroxylation is 1. The molecule has 0 aliphatic carbocycles. The van der Waals surface area contributed by atoms with Crippen LogP contribution in [0.1, 0.15) is 17.2 Å². The largest absolute Gasteiger partial charge is 0.466 e. The fourth-order valence-electron chi connectivity index (χ4n) is 1.75. The summed E-state index contributed by atoms with van der Waals surface area (Å²) >= 11 is 0. The summed E-state index contributed by atoms with van der Waals surface area (Å²) in [5, 5.41) is 6.80. The summed E-state index contributed by atoms with van der Waals surface area (Å²) < 4.78 is 5.52. The molecule has 17 heavy (non-hydrogen) atoms. The van der Waals surface area contributed by atoms with Crippen molar-refractivity contribution in [2.45, 2.75) is 19.9 Å². The standard InChI is InChI=1S/C12H18N4O/c1-9-3-4-11(17-9)5-6-16(2)8-10-7-12(13)15-14-10/h3-4,7H,5-6,8H2,1-2H3,(H3,13,14,15). The number of furan rings is 1. The predicted molar refractivity (Wildman–Crippen MR) is 66.5 cm³/mol. The third kappa shape index (κ3) is 3.35. The van der Waals surface area contributed by atoms with E-state index in [1.807, 2.05) is 25.1 Å². The molecule has 0 saturated heterocycles. The van der Waals surface area contributed by atoms with Gasteiger partial charge in [0, 0.05) is 25.6 Å². The Kier molecular flexibility index (Phi) is 3.49. The second-order valence-electron chi connectivity index (χ2n) is 4.32. The summed E-state index contributed by atoms with van der Waals surface area (Å²) in [5.74, 6) is 2.53. The van der Waals surface area contributed by atoms with E-state index < -0.39 is 0 Å². The number of aromatic nitrogens is 2. The van der Waals surface area contributed by atoms with Crippen LogP contribution < -0.4 is 5.73 Å². The molecule has 0 atom stereocenters. The van der Waals surface area contributed by atoms with Crippen molar-refractivity contribution in [2.24, 2.45) is 0 Å². The minimum Gasteiger partial charge on any atom is -0.466 e. The number of nitrogens with one attached hydrogen (secondary N) is 1. The summed E-state index contributed by atoms with van der Waals surface area (Å²) in [5.41, 5.74) is 6.57. The summed E-state index contributed by atoms with van der Waals surface area (Å²) in [6, 6.07) is 5.87. The number of aromatic amines is 1. The number of hydrogen-bond donors (Lipinski definition) is 2. The van der Waals surface area contributed by atoms with E-state index in [4.69, 9.17) is 10.2 Å². The monoisotopic (exact) mass is 234 g/mol. The second kappa shape index (κ2) is 5.05. The lowest BCUT2D eigenvalue weighted by Crippen LogP contribution is -2.20. The van der Waals surface area contributed by atoms with Crippen LogP contribution in [0.25, 0.3) is 0 Å². The van der Waals surface area contributed by atoms with Crippen LogP contribution in [-0.2, 0) is 13.0 Å². The highest BCUT2D eigenvalue weighted by molar-refractivity contribution is 5.28. The summed E-state index contributed by atoms with van der Waals surface area (Å²) in [7, 11) is 2.06. The Morgan fingerprint density at radius 1 is 1.47 bits per heavy atom. The van der Waals surface area contributed by atoms with Crippen LogP contribution in [0.5, 0.6) is 0 Å². The first-order valence-electron chi connectivity index (χ1n) is 5.67. The highest BCUT2D eigenvalue weighted by Crippen LogP contribution is 2.08. The summed E-state index contributed by atoms with van der Waals surface area (Å²) in [4.78, 5) is 2.20. The average molecular weight is 234 g/mol. The van der Waals surface area contributed by atoms with Crippen LogP contribution in [0.15, 0.2) is 22.6 Å². The number of nitrogen functional groups attached to an aromatic ring is 1. The van der Waals surface area contributed by atoms with E-state index in [1.165, 1.54) is 0 Å². The van der Waals surface area contributed by atoms with Crippen molar-refractivity contribution >= 4 is 5.82 Å². The molecule has 92 valence electrons. The zero-order valence-corrected chi connectivity index (χ0v) is 10.2. The normalized spacial score (nSPS) is 11.2. The van der Waals surface area contributed by atoms with E-state index in [1.54, 1.807) is 0 Å². The highest BCUT2D eigenvalue weighted by Gasteiger charge is 2.05. The van der Waals surface area contributed by atoms with Crippen LogP contribution >= 0.6 is 0 Å². The van der Waals surface area contributed by atoms with E-state index in [2.05, 4.69) is 22.1 Å². The topological polar surface area (TPSA) is 71.1 Å². The highest BCUT2D eigenvalue weighted by atomic mass is 16.3. The lowest BCUT2D eigenvalue weighted by molar-refractivity contribution is 0.315. The molecule has 2 aromatic rings. The predicted octanol–water partition coefficient (Wildman–Crippen LogP) is 1.57. The second-order valence-corrected chi connectivity index (χ2v) is 4.32. The number of nitrogens with two attached hydrogens (primary N) is 1. The molecule has 2 heterocycles. The van der Waals surface area contributed by atoms with Crippen molar-refractivity contribution in [1.29, 1.82) is 0 Å². The van der Waals surface area contributed by atoms with Gasteiger partial charge in [-0.05, 0) is 26.1 Å². The molecule has 0 unspecified atom stereocenters. The SMILES string of the molecule is Cc1ccc(CCN(C)Cc2cc(N)n[nH]2)o1. The minimum absolute atomic E-state index is 0.537. The molecule has 0 aliphatic rings. The molecule has 0 spiro atoms. The van der Waals surface area contributed by atoms with Crippen molar-refractivity contribution in [3.05, 3.63) is 35.4 Å². The van der Waals surface area contributed by atoms with Crippen LogP contribution in [0.3, 0.4) is 0 Å². The van der Waals surface area contributed by atoms with Gasteiger partial charge in [0.1, 0.15) is 17.3 Å². The van der Waals surface area contributed by atoms with Crippen molar-refractivity contribution in [1.82, 2.24) is 15.1 Å². The van der Waals surface area contributed by atoms with Gasteiger partial charge in [-0.3, -0.25) is 5.10 Å². The third-order valence-corrected chi connectivity index (χ3v) is 2.63. The molecule has 5 nitrogen and oxygen atoms in total. The molecular weight excluding hydrogens is 216 g/mol. The first kappa shape index (κ1) is 11.7. The van der Waals surface area contributed by atoms with E-state index in [-0.39, 0.29) is 0 Å². The summed E-state index contributed by atoms with van der Waals surface area (Å²) in [6.45, 7) is 3.70. The van der Waals surface area contributed by atoms with Crippen molar-refractivity contribution in [3.63, 3.8) is 0 Å². The number of rotatable bonds is 5. The van der Waals surface area contributed by atoms with Gasteiger partial charge in [0.2, 0.25) is 0 Å². The summed E-state index contributed by atoms with van der Waals surface area (Å²) in [6.07, 6.45) is 0.911. The first-order valence-corrected chi connectivity index (χ1v) is 5.67. The fraction of sp³-hybridized carbons (Fsp3) is 0.417. The van der Waals surface area contributed by atoms with E-state index in [0.717, 1.165) is 36.7 Å². The maximum absolute atomic E-state index is 5.55. The molecule has 0 saturated carbocycles. The molecule has 5 heteroatoms. The number of anilines is 1. The van der Waals surface area contributed by atoms with Gasteiger partial charge >= 0.3 is 0 Å². The van der Waals surface area contributed by atoms with Gasteiger partial charge in [0.05, 0.1) is 5.69 Å². The van der Waals surface area contributed by atoms with Crippen LogP contribution in [0, 0.1) is 6.92 Å². The van der Waals surface area contributed by atoms with Gasteiger partial charge in [-0.1, -0.05) is 0 Å². The molecule has 3 N–H and O–H groups in total. The van der Waals surface area contributed by atoms with Crippen LogP contribution in [0.2, 0.25) is 0 Å². The zero-order chi connectivity index (χ0) is 12.3. The molecule has 0 bridgehead atoms. The maximum Gasteiger partial charge on any atom is 0.145 e. The molecule has 0 radical (unpaired) electrons. The van der Waals surface area contributed by atoms with Gasteiger partial charge in [-0.2, -0.15) is 5.10 Å². The molecule has 0 fully saturated rings. The van der Waals surface area contributed by atoms with Gasteiger partial charge < -0.3 is 15.1 Å². The Morgan fingerprint density at radius 3 is 2.88 bits per heavy atom. The van der Waals surface area contributed by atoms with Crippen LogP contribution in [-0.4, -0.2) is 28.7 Å². The Morgan fingerprint density at radius 2 is 2.29 bits per heavy atom. The van der Waals surface area contributed by atoms with E-state index >= 15 is 0 Å². The van der Waals surface area contributed by atoms with Gasteiger partial charge in [0.15, 0.2) is 0 Å². The van der Waals surface area contributed by atoms with Gasteiger partial charge in [-0.15, -0.1) is 0 Å². The fourth-order valence-corrected chi connectivity index (χ4v) is 1.75. The smallest absolute Gasteiger partial charge is 0.145 e. The van der Waals surface area contributed by atoms with E-state index in [9.17, 15) is 0 Å². The number of likely N-dealkylation sites (N-methyl/N-ethyl adjacent to an activating group) is 1. The van der Waals surface area contributed by atoms with Gasteiger partial charge in [0.25, 0.3) is 0 Å². The maximum atomic E-state index is 5.55. The quantitative estimate of drug-likeness (QED) is 0.823. The number of H-pyrrole nitrogens is 1. The Bertz CT molecular complexity index is 474. The van der Waals surface area contributed by atoms with Gasteiger partial charge in [-0.25, -0.2) is 0 Å². The molecule has 2 rings (SSSR count). The molecule has 0 aliphatic heterocycles. The molecular formula is C12H18N4O. The van der Waals surface area contributed by atoms with E-state index in [0.29, 0.717) is 5.82 Å².